The molecule has 0 saturated carbocycles. The van der Waals surface area contributed by atoms with Crippen LogP contribution in [0, 0.1) is 17.4 Å². The number of hydrogen-bond acceptors (Lipinski definition) is 0. The van der Waals surface area contributed by atoms with Crippen molar-refractivity contribution in [2.24, 2.45) is 0 Å². The van der Waals surface area contributed by atoms with E-state index in [9.17, 15) is 0 Å². The summed E-state index contributed by atoms with van der Waals surface area (Å²) in [6.45, 7) is 6.56. The summed E-state index contributed by atoms with van der Waals surface area (Å²) in [5.74, 6) is 0. The molecular weight excluding hydrogens is 498 g/mol. The molecule has 0 fully saturated rings. The molecule has 0 amide bonds. The third kappa shape index (κ3) is 4.47. The van der Waals surface area contributed by atoms with Crippen molar-refractivity contribution >= 4 is 22.8 Å². The summed E-state index contributed by atoms with van der Waals surface area (Å²) in [6, 6.07) is 22.1. The van der Waals surface area contributed by atoms with Gasteiger partial charge in [-0.1, -0.05) is 94.2 Å². The molecule has 153 valence electrons. The van der Waals surface area contributed by atoms with Gasteiger partial charge >= 0.3 is 26.2 Å². The van der Waals surface area contributed by atoms with Crippen molar-refractivity contribution in [2.75, 3.05) is 0 Å². The topological polar surface area (TPSA) is 0 Å². The summed E-state index contributed by atoms with van der Waals surface area (Å²) in [4.78, 5) is 0. The van der Waals surface area contributed by atoms with E-state index in [0.717, 1.165) is 6.42 Å². The van der Waals surface area contributed by atoms with Gasteiger partial charge in [0.2, 0.25) is 0 Å². The molecule has 3 aromatic carbocycles. The van der Waals surface area contributed by atoms with E-state index in [1.165, 1.54) is 59.8 Å². The Bertz CT molecular complexity index is 1390. The van der Waals surface area contributed by atoms with E-state index in [1.54, 1.807) is 0 Å². The van der Waals surface area contributed by atoms with Crippen LogP contribution in [-0.4, -0.2) is 0 Å². The van der Waals surface area contributed by atoms with E-state index >= 15 is 0 Å². The zero-order valence-corrected chi connectivity index (χ0v) is 21.9. The van der Waals surface area contributed by atoms with Crippen LogP contribution in [0.5, 0.6) is 0 Å². The number of rotatable bonds is 2. The van der Waals surface area contributed by atoms with Gasteiger partial charge in [0.05, 0.1) is 0 Å². The summed E-state index contributed by atoms with van der Waals surface area (Å²) in [7, 11) is 0. The number of allylic oxidation sites excluding steroid dienone is 4. The number of halogens is 2. The van der Waals surface area contributed by atoms with Gasteiger partial charge in [-0.05, 0) is 38.3 Å². The van der Waals surface area contributed by atoms with Crippen molar-refractivity contribution in [1.29, 1.82) is 0 Å². The van der Waals surface area contributed by atoms with Crippen LogP contribution in [0.2, 0.25) is 0 Å². The molecule has 0 saturated heterocycles. The second-order valence-corrected chi connectivity index (χ2v) is 7.95. The molecule has 0 spiro atoms. The van der Waals surface area contributed by atoms with Crippen molar-refractivity contribution in [3.8, 4) is 0 Å². The van der Waals surface area contributed by atoms with Crippen molar-refractivity contribution in [2.45, 2.75) is 27.2 Å². The number of fused-ring (bicyclic) bond motifs is 2. The van der Waals surface area contributed by atoms with Gasteiger partial charge in [0.1, 0.15) is 0 Å². The van der Waals surface area contributed by atoms with Crippen molar-refractivity contribution in [1.82, 2.24) is 0 Å². The maximum Gasteiger partial charge on any atom is 3.00 e. The number of aryl methyl sites for hydroxylation is 1. The molecule has 0 N–H and O–H groups in total. The van der Waals surface area contributed by atoms with E-state index in [2.05, 4.69) is 99.7 Å². The molecule has 3 aromatic rings. The Morgan fingerprint density at radius 2 is 1.55 bits per heavy atom. The third-order valence-corrected chi connectivity index (χ3v) is 5.82. The summed E-state index contributed by atoms with van der Waals surface area (Å²) in [5, 5.41) is 5.14. The van der Waals surface area contributed by atoms with E-state index in [0.29, 0.717) is 0 Å². The second kappa shape index (κ2) is 10.3. The number of benzene rings is 3. The Morgan fingerprint density at radius 3 is 2.26 bits per heavy atom. The molecular formula is C28H23Cl2Zr. The predicted octanol–water partition coefficient (Wildman–Crippen LogP) is -0.632. The second-order valence-electron chi connectivity index (χ2n) is 7.95. The summed E-state index contributed by atoms with van der Waals surface area (Å²) >= 11 is 0. The quantitative estimate of drug-likeness (QED) is 0.308. The van der Waals surface area contributed by atoms with E-state index in [1.807, 2.05) is 0 Å². The van der Waals surface area contributed by atoms with Gasteiger partial charge in [-0.2, -0.15) is 0 Å². The standard InChI is InChI=1S/C28H23.2ClH.Zr/c1-18(2)22-15-16-25-24-8-5-4-7-21(24)17-27(25)28(22)26-10-6-9-23(26)20-13-11-19(3)12-14-20;;;/h4-9,11-16H,10H2,1-3H3;2*1H;/q-1;;;+3/p-2. The Kier molecular flexibility index (Phi) is 8.51. The Morgan fingerprint density at radius 1 is 0.839 bits per heavy atom. The predicted molar refractivity (Wildman–Crippen MR) is 119 cm³/mol. The normalized spacial score (nSPS) is 12.7. The van der Waals surface area contributed by atoms with Gasteiger partial charge in [0, 0.05) is 0 Å². The fraction of sp³-hybridized carbons (Fsp3) is 0.143. The average molecular weight is 522 g/mol. The number of hydrogen-bond donors (Lipinski definition) is 0. The van der Waals surface area contributed by atoms with Crippen LogP contribution in [-0.2, 0) is 26.2 Å². The minimum atomic E-state index is 0. The summed E-state index contributed by atoms with van der Waals surface area (Å²) in [5.41, 5.74) is 9.30. The maximum absolute atomic E-state index is 3.72. The van der Waals surface area contributed by atoms with Gasteiger partial charge in [-0.25, -0.2) is 0 Å². The first-order chi connectivity index (χ1) is 13.6. The molecule has 2 aliphatic carbocycles. The van der Waals surface area contributed by atoms with E-state index in [4.69, 9.17) is 0 Å². The van der Waals surface area contributed by atoms with Crippen molar-refractivity contribution in [3.05, 3.63) is 116 Å². The van der Waals surface area contributed by atoms with Crippen molar-refractivity contribution in [3.63, 3.8) is 0 Å². The van der Waals surface area contributed by atoms with Gasteiger partial charge in [0.15, 0.2) is 0 Å². The molecule has 2 aliphatic rings. The molecule has 0 aromatic heterocycles. The molecule has 5 rings (SSSR count). The summed E-state index contributed by atoms with van der Waals surface area (Å²) < 4.78 is 0. The fourth-order valence-electron chi connectivity index (χ4n) is 4.39. The summed E-state index contributed by atoms with van der Waals surface area (Å²) in [6.07, 6.45) is 9.28. The molecule has 0 nitrogen and oxygen atoms in total. The Labute approximate surface area is 215 Å². The molecule has 31 heavy (non-hydrogen) atoms. The molecule has 0 bridgehead atoms. The first-order valence-corrected chi connectivity index (χ1v) is 9.94. The van der Waals surface area contributed by atoms with Crippen molar-refractivity contribution < 1.29 is 51.0 Å². The van der Waals surface area contributed by atoms with E-state index < -0.39 is 0 Å². The van der Waals surface area contributed by atoms with Gasteiger partial charge in [-0.3, -0.25) is 0 Å². The van der Waals surface area contributed by atoms with E-state index in [-0.39, 0.29) is 51.0 Å². The van der Waals surface area contributed by atoms with Crippen LogP contribution >= 0.6 is 0 Å². The Hall–Kier alpha value is -1.66. The molecule has 0 unspecified atom stereocenters. The van der Waals surface area contributed by atoms with Crippen LogP contribution in [0.1, 0.15) is 42.5 Å². The van der Waals surface area contributed by atoms with Gasteiger partial charge in [-0.15, -0.1) is 33.4 Å². The largest absolute Gasteiger partial charge is 3.00 e. The van der Waals surface area contributed by atoms with Gasteiger partial charge < -0.3 is 24.8 Å². The molecule has 0 heterocycles. The zero-order valence-electron chi connectivity index (χ0n) is 17.9. The molecule has 0 atom stereocenters. The van der Waals surface area contributed by atoms with Crippen LogP contribution in [0.25, 0.3) is 22.8 Å². The van der Waals surface area contributed by atoms with Crippen LogP contribution in [0.4, 0.5) is 0 Å². The fourth-order valence-corrected chi connectivity index (χ4v) is 4.39. The zero-order chi connectivity index (χ0) is 19.3. The minimum absolute atomic E-state index is 0. The SMILES string of the molecule is CC(C)=c1ccc2c(c1C1=C(c3ccc(C)cc3)C=CC1)[C-]=c1ccccc1=2.[Cl-].[Cl-].[Zr+3]. The Balaban J connectivity index is 0.00000114. The van der Waals surface area contributed by atoms with Crippen LogP contribution in [0.3, 0.4) is 0 Å². The smallest absolute Gasteiger partial charge is 1.00 e. The van der Waals surface area contributed by atoms with Gasteiger partial charge in [0.25, 0.3) is 0 Å². The van der Waals surface area contributed by atoms with Crippen LogP contribution < -0.4 is 35.3 Å². The molecule has 1 radical (unpaired) electrons. The average Bonchev–Trinajstić information content (AvgIpc) is 3.32. The maximum atomic E-state index is 3.72. The molecule has 3 heteroatoms. The molecule has 0 aliphatic heterocycles. The first kappa shape index (κ1) is 25.6. The monoisotopic (exact) mass is 519 g/mol. The first-order valence-electron chi connectivity index (χ1n) is 9.94. The van der Waals surface area contributed by atoms with Crippen LogP contribution in [0.15, 0.2) is 72.8 Å². The minimum Gasteiger partial charge on any atom is -1.00 e. The third-order valence-electron chi connectivity index (χ3n) is 5.82.